The minimum Gasteiger partial charge on any atom is -0.378 e. The van der Waals surface area contributed by atoms with E-state index in [1.54, 1.807) is 0 Å². The van der Waals surface area contributed by atoms with E-state index in [9.17, 15) is 4.79 Å². The molecule has 0 aromatic heterocycles. The first kappa shape index (κ1) is 13.3. The van der Waals surface area contributed by atoms with Crippen LogP contribution in [0.15, 0.2) is 0 Å². The van der Waals surface area contributed by atoms with Crippen molar-refractivity contribution in [1.29, 1.82) is 0 Å². The third-order valence-electron chi connectivity index (χ3n) is 4.53. The molecule has 0 aromatic rings. The van der Waals surface area contributed by atoms with E-state index in [-0.39, 0.29) is 11.9 Å². The quantitative estimate of drug-likeness (QED) is 0.777. The van der Waals surface area contributed by atoms with Crippen LogP contribution in [0.2, 0.25) is 0 Å². The van der Waals surface area contributed by atoms with Crippen molar-refractivity contribution in [2.24, 2.45) is 5.92 Å². The van der Waals surface area contributed by atoms with Gasteiger partial charge in [0.25, 0.3) is 0 Å². The highest BCUT2D eigenvalue weighted by atomic mass is 16.5. The number of nitrogens with one attached hydrogen (secondary N) is 1. The van der Waals surface area contributed by atoms with E-state index < -0.39 is 0 Å². The van der Waals surface area contributed by atoms with Crippen LogP contribution in [0.25, 0.3) is 0 Å². The number of hydrogen-bond donors (Lipinski definition) is 1. The molecule has 3 aliphatic heterocycles. The largest absolute Gasteiger partial charge is 0.378 e. The maximum Gasteiger partial charge on any atom is 0.242 e. The Morgan fingerprint density at radius 3 is 2.84 bits per heavy atom. The van der Waals surface area contributed by atoms with Crippen molar-refractivity contribution in [3.63, 3.8) is 0 Å². The fourth-order valence-electron chi connectivity index (χ4n) is 3.46. The lowest BCUT2D eigenvalue weighted by atomic mass is 10.1. The highest BCUT2D eigenvalue weighted by molar-refractivity contribution is 5.82. The number of hydrogen-bond acceptors (Lipinski definition) is 4. The lowest BCUT2D eigenvalue weighted by Crippen LogP contribution is -2.52. The standard InChI is InChI=1S/C14H25N3O2/c18-14(13-11-19-8-4-15-13)17-7-3-12(10-17)9-16-5-1-2-6-16/h12-13,15H,1-11H2. The monoisotopic (exact) mass is 267 g/mol. The van der Waals surface area contributed by atoms with Crippen LogP contribution in [0.3, 0.4) is 0 Å². The van der Waals surface area contributed by atoms with Crippen LogP contribution in [-0.2, 0) is 9.53 Å². The Balaban J connectivity index is 1.46. The fraction of sp³-hybridized carbons (Fsp3) is 0.929. The van der Waals surface area contributed by atoms with Crippen molar-refractivity contribution in [3.8, 4) is 0 Å². The minimum atomic E-state index is -0.112. The Morgan fingerprint density at radius 2 is 2.11 bits per heavy atom. The summed E-state index contributed by atoms with van der Waals surface area (Å²) in [4.78, 5) is 16.9. The number of carbonyl (C=O) groups excluding carboxylic acids is 1. The third-order valence-corrected chi connectivity index (χ3v) is 4.53. The van der Waals surface area contributed by atoms with Gasteiger partial charge in [0.1, 0.15) is 6.04 Å². The molecule has 1 amide bonds. The summed E-state index contributed by atoms with van der Waals surface area (Å²) < 4.78 is 5.38. The van der Waals surface area contributed by atoms with Gasteiger partial charge in [-0.2, -0.15) is 0 Å². The van der Waals surface area contributed by atoms with Crippen LogP contribution < -0.4 is 5.32 Å². The van der Waals surface area contributed by atoms with Crippen LogP contribution in [0.4, 0.5) is 0 Å². The second-order valence-corrected chi connectivity index (χ2v) is 6.03. The molecule has 3 fully saturated rings. The van der Waals surface area contributed by atoms with Gasteiger partial charge in [0.2, 0.25) is 5.91 Å². The van der Waals surface area contributed by atoms with Crippen molar-refractivity contribution in [2.45, 2.75) is 25.3 Å². The van der Waals surface area contributed by atoms with Crippen molar-refractivity contribution in [3.05, 3.63) is 0 Å². The van der Waals surface area contributed by atoms with E-state index in [0.29, 0.717) is 12.5 Å². The van der Waals surface area contributed by atoms with E-state index in [2.05, 4.69) is 10.2 Å². The second-order valence-electron chi connectivity index (χ2n) is 6.03. The van der Waals surface area contributed by atoms with E-state index >= 15 is 0 Å². The zero-order valence-electron chi connectivity index (χ0n) is 11.6. The van der Waals surface area contributed by atoms with E-state index in [4.69, 9.17) is 4.74 Å². The zero-order chi connectivity index (χ0) is 13.1. The molecule has 5 nitrogen and oxygen atoms in total. The first-order valence-electron chi connectivity index (χ1n) is 7.65. The summed E-state index contributed by atoms with van der Waals surface area (Å²) in [5.74, 6) is 0.912. The van der Waals surface area contributed by atoms with Gasteiger partial charge in [0.05, 0.1) is 13.2 Å². The third kappa shape index (κ3) is 3.27. The SMILES string of the molecule is O=C(C1COCCN1)N1CCC(CN2CCCC2)C1. The van der Waals surface area contributed by atoms with Gasteiger partial charge < -0.3 is 19.9 Å². The van der Waals surface area contributed by atoms with Crippen LogP contribution in [0.1, 0.15) is 19.3 Å². The summed E-state index contributed by atoms with van der Waals surface area (Å²) in [6.07, 6.45) is 3.85. The summed E-state index contributed by atoms with van der Waals surface area (Å²) >= 11 is 0. The number of carbonyl (C=O) groups is 1. The average Bonchev–Trinajstić information content (AvgIpc) is 3.11. The first-order valence-corrected chi connectivity index (χ1v) is 7.65. The molecule has 2 atom stereocenters. The van der Waals surface area contributed by atoms with Gasteiger partial charge >= 0.3 is 0 Å². The van der Waals surface area contributed by atoms with Gasteiger partial charge in [-0.1, -0.05) is 0 Å². The summed E-state index contributed by atoms with van der Waals surface area (Å²) in [5, 5.41) is 3.26. The van der Waals surface area contributed by atoms with Gasteiger partial charge in [0.15, 0.2) is 0 Å². The smallest absolute Gasteiger partial charge is 0.242 e. The van der Waals surface area contributed by atoms with Crippen molar-refractivity contribution in [2.75, 3.05) is 52.5 Å². The molecule has 0 aromatic carbocycles. The van der Waals surface area contributed by atoms with E-state index in [1.807, 2.05) is 4.90 Å². The van der Waals surface area contributed by atoms with Gasteiger partial charge in [-0.05, 0) is 38.3 Å². The Labute approximate surface area is 115 Å². The molecule has 0 saturated carbocycles. The predicted octanol–water partition coefficient (Wildman–Crippen LogP) is -0.0809. The van der Waals surface area contributed by atoms with Gasteiger partial charge in [-0.25, -0.2) is 0 Å². The maximum atomic E-state index is 12.4. The molecule has 5 heteroatoms. The zero-order valence-corrected chi connectivity index (χ0v) is 11.6. The fourth-order valence-corrected chi connectivity index (χ4v) is 3.46. The first-order chi connectivity index (χ1) is 9.33. The molecular weight excluding hydrogens is 242 g/mol. The molecule has 0 aliphatic carbocycles. The Kier molecular flexibility index (Phi) is 4.35. The lowest BCUT2D eigenvalue weighted by Gasteiger charge is -2.27. The topological polar surface area (TPSA) is 44.8 Å². The van der Waals surface area contributed by atoms with Crippen LogP contribution in [0.5, 0.6) is 0 Å². The molecule has 0 spiro atoms. The van der Waals surface area contributed by atoms with Crippen molar-refractivity contribution in [1.82, 2.24) is 15.1 Å². The molecule has 3 heterocycles. The van der Waals surface area contributed by atoms with Crippen LogP contribution >= 0.6 is 0 Å². The number of amides is 1. The van der Waals surface area contributed by atoms with Gasteiger partial charge in [-0.15, -0.1) is 0 Å². The highest BCUT2D eigenvalue weighted by Crippen LogP contribution is 2.20. The maximum absolute atomic E-state index is 12.4. The highest BCUT2D eigenvalue weighted by Gasteiger charge is 2.32. The molecule has 108 valence electrons. The van der Waals surface area contributed by atoms with Gasteiger partial charge in [-0.3, -0.25) is 4.79 Å². The Hall–Kier alpha value is -0.650. The van der Waals surface area contributed by atoms with E-state index in [1.165, 1.54) is 32.5 Å². The van der Waals surface area contributed by atoms with Crippen molar-refractivity contribution < 1.29 is 9.53 Å². The molecule has 0 radical (unpaired) electrons. The number of rotatable bonds is 3. The lowest BCUT2D eigenvalue weighted by molar-refractivity contribution is -0.135. The number of likely N-dealkylation sites (tertiary alicyclic amines) is 2. The molecule has 3 aliphatic rings. The Morgan fingerprint density at radius 1 is 1.26 bits per heavy atom. The summed E-state index contributed by atoms with van der Waals surface area (Å²) in [6.45, 7) is 7.60. The average molecular weight is 267 g/mol. The van der Waals surface area contributed by atoms with Crippen LogP contribution in [0, 0.1) is 5.92 Å². The number of nitrogens with zero attached hydrogens (tertiary/aromatic N) is 2. The number of ether oxygens (including phenoxy) is 1. The summed E-state index contributed by atoms with van der Waals surface area (Å²) in [7, 11) is 0. The van der Waals surface area contributed by atoms with Crippen molar-refractivity contribution >= 4 is 5.91 Å². The van der Waals surface area contributed by atoms with E-state index in [0.717, 1.165) is 32.7 Å². The summed E-state index contributed by atoms with van der Waals surface area (Å²) in [6, 6.07) is -0.112. The molecule has 3 saturated heterocycles. The van der Waals surface area contributed by atoms with Gasteiger partial charge in [0, 0.05) is 26.2 Å². The predicted molar refractivity (Wildman–Crippen MR) is 73.0 cm³/mol. The molecular formula is C14H25N3O2. The molecule has 1 N–H and O–H groups in total. The minimum absolute atomic E-state index is 0.112. The molecule has 19 heavy (non-hydrogen) atoms. The second kappa shape index (κ2) is 6.20. The summed E-state index contributed by atoms with van der Waals surface area (Å²) in [5.41, 5.74) is 0. The Bertz CT molecular complexity index is 312. The normalized spacial score (nSPS) is 32.9. The molecule has 0 bridgehead atoms. The van der Waals surface area contributed by atoms with Crippen LogP contribution in [-0.4, -0.2) is 74.2 Å². The molecule has 3 rings (SSSR count). The molecule has 2 unspecified atom stereocenters. The number of morpholine rings is 1.